The van der Waals surface area contributed by atoms with Crippen LogP contribution in [0, 0.1) is 17.1 Å². The molecule has 5 heteroatoms. The number of hydrogen-bond acceptors (Lipinski definition) is 2. The van der Waals surface area contributed by atoms with Gasteiger partial charge in [0.15, 0.2) is 0 Å². The van der Waals surface area contributed by atoms with Crippen LogP contribution in [0.3, 0.4) is 0 Å². The molecule has 0 saturated carbocycles. The van der Waals surface area contributed by atoms with Crippen molar-refractivity contribution in [3.05, 3.63) is 29.6 Å². The van der Waals surface area contributed by atoms with Crippen LogP contribution in [0.15, 0.2) is 18.2 Å². The molecule has 0 spiro atoms. The quantitative estimate of drug-likeness (QED) is 0.844. The van der Waals surface area contributed by atoms with Crippen molar-refractivity contribution < 1.29 is 9.18 Å². The fraction of sp³-hybridized carbons (Fsp3) is 0.429. The summed E-state index contributed by atoms with van der Waals surface area (Å²) in [5.41, 5.74) is 0.501. The molecule has 1 aromatic carbocycles. The van der Waals surface area contributed by atoms with Gasteiger partial charge in [0.25, 0.3) is 0 Å². The SMILES string of the molecule is N#Cc1cc(F)ccc1NC(=O)N1CCCCCC1. The molecule has 2 rings (SSSR count). The molecule has 1 aliphatic rings. The second kappa shape index (κ2) is 6.19. The monoisotopic (exact) mass is 261 g/mol. The van der Waals surface area contributed by atoms with Crippen LogP contribution in [0.5, 0.6) is 0 Å². The third kappa shape index (κ3) is 3.44. The van der Waals surface area contributed by atoms with E-state index in [2.05, 4.69) is 5.32 Å². The summed E-state index contributed by atoms with van der Waals surface area (Å²) in [5, 5.41) is 11.6. The lowest BCUT2D eigenvalue weighted by Gasteiger charge is -2.21. The second-order valence-corrected chi connectivity index (χ2v) is 4.63. The zero-order valence-corrected chi connectivity index (χ0v) is 10.7. The van der Waals surface area contributed by atoms with E-state index in [9.17, 15) is 9.18 Å². The number of halogens is 1. The molecule has 1 aromatic rings. The van der Waals surface area contributed by atoms with Crippen LogP contribution in [0.2, 0.25) is 0 Å². The molecule has 0 unspecified atom stereocenters. The number of rotatable bonds is 1. The molecule has 0 atom stereocenters. The standard InChI is InChI=1S/C14H16FN3O/c15-12-5-6-13(11(9-12)10-16)17-14(19)18-7-3-1-2-4-8-18/h5-6,9H,1-4,7-8H2,(H,17,19). The summed E-state index contributed by atoms with van der Waals surface area (Å²) in [6.07, 6.45) is 4.29. The molecule has 0 radical (unpaired) electrons. The third-order valence-corrected chi connectivity index (χ3v) is 3.24. The zero-order valence-electron chi connectivity index (χ0n) is 10.7. The van der Waals surface area contributed by atoms with Crippen molar-refractivity contribution in [1.82, 2.24) is 4.90 Å². The summed E-state index contributed by atoms with van der Waals surface area (Å²) >= 11 is 0. The Balaban J connectivity index is 2.08. The molecule has 100 valence electrons. The Labute approximate surface area is 111 Å². The molecule has 0 aromatic heterocycles. The smallest absolute Gasteiger partial charge is 0.321 e. The summed E-state index contributed by atoms with van der Waals surface area (Å²) in [7, 11) is 0. The first-order valence-electron chi connectivity index (χ1n) is 6.46. The lowest BCUT2D eigenvalue weighted by atomic mass is 10.2. The van der Waals surface area contributed by atoms with Gasteiger partial charge in [-0.05, 0) is 31.0 Å². The number of nitrogens with one attached hydrogen (secondary N) is 1. The molecular formula is C14H16FN3O. The van der Waals surface area contributed by atoms with E-state index < -0.39 is 5.82 Å². The van der Waals surface area contributed by atoms with Gasteiger partial charge in [0.05, 0.1) is 11.3 Å². The number of carbonyl (C=O) groups is 1. The van der Waals surface area contributed by atoms with Gasteiger partial charge in [-0.15, -0.1) is 0 Å². The minimum Gasteiger partial charge on any atom is -0.325 e. The van der Waals surface area contributed by atoms with Gasteiger partial charge in [-0.25, -0.2) is 9.18 Å². The normalized spacial score (nSPS) is 15.5. The number of nitrogens with zero attached hydrogens (tertiary/aromatic N) is 2. The van der Waals surface area contributed by atoms with Gasteiger partial charge < -0.3 is 10.2 Å². The van der Waals surface area contributed by atoms with Crippen LogP contribution in [0.25, 0.3) is 0 Å². The number of hydrogen-bond donors (Lipinski definition) is 1. The highest BCUT2D eigenvalue weighted by atomic mass is 19.1. The Morgan fingerprint density at radius 1 is 1.26 bits per heavy atom. The van der Waals surface area contributed by atoms with E-state index in [1.54, 1.807) is 4.90 Å². The molecule has 1 heterocycles. The van der Waals surface area contributed by atoms with Gasteiger partial charge in [-0.3, -0.25) is 0 Å². The summed E-state index contributed by atoms with van der Waals surface area (Å²) in [5.74, 6) is -0.482. The van der Waals surface area contributed by atoms with Crippen LogP contribution in [0.4, 0.5) is 14.9 Å². The second-order valence-electron chi connectivity index (χ2n) is 4.63. The Bertz CT molecular complexity index is 502. The number of nitriles is 1. The summed E-state index contributed by atoms with van der Waals surface area (Å²) in [6.45, 7) is 1.46. The molecule has 4 nitrogen and oxygen atoms in total. The average molecular weight is 261 g/mol. The van der Waals surface area contributed by atoms with E-state index >= 15 is 0 Å². The Hall–Kier alpha value is -2.09. The highest BCUT2D eigenvalue weighted by Gasteiger charge is 2.16. The van der Waals surface area contributed by atoms with Crippen molar-refractivity contribution in [2.24, 2.45) is 0 Å². The van der Waals surface area contributed by atoms with Crippen molar-refractivity contribution in [3.63, 3.8) is 0 Å². The maximum atomic E-state index is 13.0. The average Bonchev–Trinajstić information content (AvgIpc) is 2.69. The van der Waals surface area contributed by atoms with Crippen molar-refractivity contribution in [1.29, 1.82) is 5.26 Å². The summed E-state index contributed by atoms with van der Waals surface area (Å²) in [4.78, 5) is 13.8. The Kier molecular flexibility index (Phi) is 4.35. The predicted octanol–water partition coefficient (Wildman–Crippen LogP) is 3.11. The fourth-order valence-electron chi connectivity index (χ4n) is 2.19. The first kappa shape index (κ1) is 13.3. The summed E-state index contributed by atoms with van der Waals surface area (Å²) in [6, 6.07) is 5.44. The largest absolute Gasteiger partial charge is 0.325 e. The lowest BCUT2D eigenvalue weighted by molar-refractivity contribution is 0.214. The maximum Gasteiger partial charge on any atom is 0.321 e. The highest BCUT2D eigenvalue weighted by molar-refractivity contribution is 5.90. The predicted molar refractivity (Wildman–Crippen MR) is 70.2 cm³/mol. The van der Waals surface area contributed by atoms with Crippen LogP contribution in [-0.4, -0.2) is 24.0 Å². The fourth-order valence-corrected chi connectivity index (χ4v) is 2.19. The third-order valence-electron chi connectivity index (χ3n) is 3.24. The molecule has 1 aliphatic heterocycles. The van der Waals surface area contributed by atoms with E-state index in [1.165, 1.54) is 12.1 Å². The van der Waals surface area contributed by atoms with Crippen molar-refractivity contribution in [3.8, 4) is 6.07 Å². The van der Waals surface area contributed by atoms with Gasteiger partial charge in [-0.2, -0.15) is 5.26 Å². The highest BCUT2D eigenvalue weighted by Crippen LogP contribution is 2.17. The number of amides is 2. The van der Waals surface area contributed by atoms with Gasteiger partial charge in [0, 0.05) is 13.1 Å². The van der Waals surface area contributed by atoms with Crippen LogP contribution in [-0.2, 0) is 0 Å². The van der Waals surface area contributed by atoms with E-state index in [0.29, 0.717) is 5.69 Å². The van der Waals surface area contributed by atoms with E-state index in [-0.39, 0.29) is 11.6 Å². The van der Waals surface area contributed by atoms with E-state index in [1.807, 2.05) is 6.07 Å². The lowest BCUT2D eigenvalue weighted by Crippen LogP contribution is -2.35. The molecule has 19 heavy (non-hydrogen) atoms. The maximum absolute atomic E-state index is 13.0. The van der Waals surface area contributed by atoms with E-state index in [4.69, 9.17) is 5.26 Å². The topological polar surface area (TPSA) is 56.1 Å². The van der Waals surface area contributed by atoms with Gasteiger partial charge in [0.1, 0.15) is 11.9 Å². The molecule has 0 aliphatic carbocycles. The number of anilines is 1. The van der Waals surface area contributed by atoms with Crippen molar-refractivity contribution in [2.45, 2.75) is 25.7 Å². The molecule has 1 N–H and O–H groups in total. The first-order chi connectivity index (χ1) is 9.20. The number of urea groups is 1. The number of carbonyl (C=O) groups excluding carboxylic acids is 1. The van der Waals surface area contributed by atoms with Gasteiger partial charge >= 0.3 is 6.03 Å². The molecule has 1 saturated heterocycles. The summed E-state index contributed by atoms with van der Waals surface area (Å²) < 4.78 is 13.0. The Morgan fingerprint density at radius 2 is 1.95 bits per heavy atom. The van der Waals surface area contributed by atoms with Crippen LogP contribution >= 0.6 is 0 Å². The minimum atomic E-state index is -0.482. The number of benzene rings is 1. The molecular weight excluding hydrogens is 245 g/mol. The Morgan fingerprint density at radius 3 is 2.58 bits per heavy atom. The molecule has 2 amide bonds. The van der Waals surface area contributed by atoms with Crippen LogP contribution in [0.1, 0.15) is 31.2 Å². The van der Waals surface area contributed by atoms with Crippen molar-refractivity contribution in [2.75, 3.05) is 18.4 Å². The molecule has 1 fully saturated rings. The molecule has 0 bridgehead atoms. The van der Waals surface area contributed by atoms with E-state index in [0.717, 1.165) is 44.8 Å². The zero-order chi connectivity index (χ0) is 13.7. The minimum absolute atomic E-state index is 0.142. The first-order valence-corrected chi connectivity index (χ1v) is 6.46. The number of likely N-dealkylation sites (tertiary alicyclic amines) is 1. The van der Waals surface area contributed by atoms with Crippen LogP contribution < -0.4 is 5.32 Å². The van der Waals surface area contributed by atoms with Crippen molar-refractivity contribution >= 4 is 11.7 Å². The van der Waals surface area contributed by atoms with Gasteiger partial charge in [0.2, 0.25) is 0 Å². The van der Waals surface area contributed by atoms with Gasteiger partial charge in [-0.1, -0.05) is 12.8 Å².